The molecule has 5 nitrogen and oxygen atoms in total. The van der Waals surface area contributed by atoms with E-state index in [1.54, 1.807) is 12.1 Å². The van der Waals surface area contributed by atoms with Gasteiger partial charge in [-0.1, -0.05) is 31.5 Å². The number of aromatic nitrogens is 1. The third-order valence-corrected chi connectivity index (χ3v) is 4.54. The number of nitrogens with zero attached hydrogens (tertiary/aromatic N) is 1. The number of rotatable bonds is 7. The molecule has 146 valence electrons. The molecule has 3 aromatic carbocycles. The van der Waals surface area contributed by atoms with Gasteiger partial charge in [0.1, 0.15) is 11.3 Å². The number of amides is 1. The van der Waals surface area contributed by atoms with E-state index in [1.807, 2.05) is 60.7 Å². The van der Waals surface area contributed by atoms with Crippen molar-refractivity contribution in [3.05, 3.63) is 78.4 Å². The number of oxazole rings is 1. The molecule has 1 amide bonds. The van der Waals surface area contributed by atoms with Gasteiger partial charge in [0.25, 0.3) is 5.91 Å². The molecule has 1 heterocycles. The number of benzene rings is 3. The number of hydrogen-bond acceptors (Lipinski definition) is 4. The highest BCUT2D eigenvalue weighted by Crippen LogP contribution is 2.26. The van der Waals surface area contributed by atoms with Crippen LogP contribution in [0.5, 0.6) is 5.75 Å². The molecule has 0 bridgehead atoms. The van der Waals surface area contributed by atoms with E-state index < -0.39 is 0 Å². The maximum atomic E-state index is 12.6. The number of carbonyl (C=O) groups excluding carboxylic acids is 1. The van der Waals surface area contributed by atoms with E-state index in [2.05, 4.69) is 17.2 Å². The van der Waals surface area contributed by atoms with Gasteiger partial charge in [-0.15, -0.1) is 0 Å². The predicted molar refractivity (Wildman–Crippen MR) is 114 cm³/mol. The van der Waals surface area contributed by atoms with Gasteiger partial charge in [-0.2, -0.15) is 0 Å². The van der Waals surface area contributed by atoms with Crippen molar-refractivity contribution in [2.45, 2.75) is 19.8 Å². The Morgan fingerprint density at radius 1 is 1.03 bits per heavy atom. The maximum Gasteiger partial charge on any atom is 0.255 e. The van der Waals surface area contributed by atoms with Crippen LogP contribution in [-0.4, -0.2) is 17.5 Å². The molecular weight excluding hydrogens is 364 g/mol. The Morgan fingerprint density at radius 2 is 1.86 bits per heavy atom. The van der Waals surface area contributed by atoms with Gasteiger partial charge in [-0.25, -0.2) is 4.98 Å². The van der Waals surface area contributed by atoms with E-state index in [1.165, 1.54) is 0 Å². The van der Waals surface area contributed by atoms with Gasteiger partial charge in [-0.05, 0) is 61.0 Å². The Balaban J connectivity index is 1.46. The highest BCUT2D eigenvalue weighted by Gasteiger charge is 2.10. The molecule has 0 aliphatic heterocycles. The molecule has 0 unspecified atom stereocenters. The molecule has 5 heteroatoms. The van der Waals surface area contributed by atoms with E-state index in [0.29, 0.717) is 23.7 Å². The third-order valence-electron chi connectivity index (χ3n) is 4.54. The summed E-state index contributed by atoms with van der Waals surface area (Å²) in [5.41, 5.74) is 3.59. The average molecular weight is 386 g/mol. The molecule has 0 radical (unpaired) electrons. The van der Waals surface area contributed by atoms with Crippen LogP contribution in [-0.2, 0) is 0 Å². The molecule has 1 aromatic heterocycles. The van der Waals surface area contributed by atoms with Crippen LogP contribution in [0.3, 0.4) is 0 Å². The molecule has 0 aliphatic carbocycles. The average Bonchev–Trinajstić information content (AvgIpc) is 3.19. The number of unbranched alkanes of at least 4 members (excludes halogenated alkanes) is 1. The lowest BCUT2D eigenvalue weighted by molar-refractivity contribution is 0.102. The molecule has 4 aromatic rings. The molecule has 0 spiro atoms. The molecule has 0 saturated carbocycles. The first kappa shape index (κ1) is 18.7. The standard InChI is InChI=1S/C24H22N2O3/c1-2-3-15-28-20-13-11-17(12-14-20)23(27)25-19-8-6-7-18(16-19)24-26-21-9-4-5-10-22(21)29-24/h4-14,16H,2-3,15H2,1H3,(H,25,27). The zero-order chi connectivity index (χ0) is 20.1. The van der Waals surface area contributed by atoms with Crippen molar-refractivity contribution in [1.29, 1.82) is 0 Å². The van der Waals surface area contributed by atoms with Crippen molar-refractivity contribution >= 4 is 22.7 Å². The Hall–Kier alpha value is -3.60. The molecule has 0 fully saturated rings. The number of ether oxygens (including phenoxy) is 1. The van der Waals surface area contributed by atoms with Crippen molar-refractivity contribution in [2.75, 3.05) is 11.9 Å². The molecule has 1 N–H and O–H groups in total. The molecular formula is C24H22N2O3. The number of fused-ring (bicyclic) bond motifs is 1. The van der Waals surface area contributed by atoms with Crippen LogP contribution in [0, 0.1) is 0 Å². The number of anilines is 1. The fourth-order valence-corrected chi connectivity index (χ4v) is 2.97. The van der Waals surface area contributed by atoms with Crippen LogP contribution in [0.25, 0.3) is 22.6 Å². The first-order valence-electron chi connectivity index (χ1n) is 9.73. The Kier molecular flexibility index (Phi) is 5.56. The Morgan fingerprint density at radius 3 is 2.66 bits per heavy atom. The van der Waals surface area contributed by atoms with E-state index in [9.17, 15) is 4.79 Å². The maximum absolute atomic E-state index is 12.6. The summed E-state index contributed by atoms with van der Waals surface area (Å²) in [5.74, 6) is 1.11. The van der Waals surface area contributed by atoms with Crippen LogP contribution in [0.1, 0.15) is 30.1 Å². The highest BCUT2D eigenvalue weighted by molar-refractivity contribution is 6.04. The topological polar surface area (TPSA) is 64.4 Å². The monoisotopic (exact) mass is 386 g/mol. The molecule has 0 aliphatic rings. The fraction of sp³-hybridized carbons (Fsp3) is 0.167. The minimum absolute atomic E-state index is 0.181. The largest absolute Gasteiger partial charge is 0.494 e. The number of hydrogen-bond donors (Lipinski definition) is 1. The lowest BCUT2D eigenvalue weighted by atomic mass is 10.1. The minimum Gasteiger partial charge on any atom is -0.494 e. The molecule has 0 atom stereocenters. The molecule has 29 heavy (non-hydrogen) atoms. The Bertz CT molecular complexity index is 1080. The quantitative estimate of drug-likeness (QED) is 0.400. The van der Waals surface area contributed by atoms with E-state index in [-0.39, 0.29) is 5.91 Å². The Labute approximate surface area is 169 Å². The fourth-order valence-electron chi connectivity index (χ4n) is 2.97. The van der Waals surface area contributed by atoms with Crippen LogP contribution >= 0.6 is 0 Å². The van der Waals surface area contributed by atoms with Gasteiger partial charge in [-0.3, -0.25) is 4.79 Å². The van der Waals surface area contributed by atoms with E-state index >= 15 is 0 Å². The second-order valence-electron chi connectivity index (χ2n) is 6.75. The van der Waals surface area contributed by atoms with E-state index in [0.717, 1.165) is 35.3 Å². The first-order valence-corrected chi connectivity index (χ1v) is 9.73. The van der Waals surface area contributed by atoms with Crippen LogP contribution < -0.4 is 10.1 Å². The summed E-state index contributed by atoms with van der Waals surface area (Å²) < 4.78 is 11.5. The summed E-state index contributed by atoms with van der Waals surface area (Å²) in [5, 5.41) is 2.92. The summed E-state index contributed by atoms with van der Waals surface area (Å²) >= 11 is 0. The second kappa shape index (κ2) is 8.61. The van der Waals surface area contributed by atoms with Crippen LogP contribution in [0.15, 0.2) is 77.2 Å². The van der Waals surface area contributed by atoms with Crippen molar-refractivity contribution in [2.24, 2.45) is 0 Å². The lowest BCUT2D eigenvalue weighted by Crippen LogP contribution is -2.11. The minimum atomic E-state index is -0.181. The number of para-hydroxylation sites is 2. The first-order chi connectivity index (χ1) is 14.2. The van der Waals surface area contributed by atoms with Crippen molar-refractivity contribution in [3.8, 4) is 17.2 Å². The SMILES string of the molecule is CCCCOc1ccc(C(=O)Nc2cccc(-c3nc4ccccc4o3)c2)cc1. The summed E-state index contributed by atoms with van der Waals surface area (Å²) in [4.78, 5) is 17.1. The number of nitrogens with one attached hydrogen (secondary N) is 1. The summed E-state index contributed by atoms with van der Waals surface area (Å²) in [6, 6.07) is 22.3. The summed E-state index contributed by atoms with van der Waals surface area (Å²) in [6.45, 7) is 2.81. The van der Waals surface area contributed by atoms with Gasteiger partial charge >= 0.3 is 0 Å². The van der Waals surface area contributed by atoms with Crippen LogP contribution in [0.2, 0.25) is 0 Å². The number of carbonyl (C=O) groups is 1. The zero-order valence-corrected chi connectivity index (χ0v) is 16.2. The predicted octanol–water partition coefficient (Wildman–Crippen LogP) is 5.93. The second-order valence-corrected chi connectivity index (χ2v) is 6.75. The van der Waals surface area contributed by atoms with Gasteiger partial charge in [0.05, 0.1) is 6.61 Å². The van der Waals surface area contributed by atoms with Crippen molar-refractivity contribution < 1.29 is 13.9 Å². The third kappa shape index (κ3) is 4.46. The highest BCUT2D eigenvalue weighted by atomic mass is 16.5. The van der Waals surface area contributed by atoms with Crippen LogP contribution in [0.4, 0.5) is 5.69 Å². The smallest absolute Gasteiger partial charge is 0.255 e. The molecule has 4 rings (SSSR count). The van der Waals surface area contributed by atoms with Gasteiger partial charge in [0.2, 0.25) is 5.89 Å². The van der Waals surface area contributed by atoms with Gasteiger partial charge in [0, 0.05) is 16.8 Å². The van der Waals surface area contributed by atoms with Gasteiger partial charge < -0.3 is 14.5 Å². The lowest BCUT2D eigenvalue weighted by Gasteiger charge is -2.08. The van der Waals surface area contributed by atoms with Crippen molar-refractivity contribution in [3.63, 3.8) is 0 Å². The summed E-state index contributed by atoms with van der Waals surface area (Å²) in [6.07, 6.45) is 2.10. The summed E-state index contributed by atoms with van der Waals surface area (Å²) in [7, 11) is 0. The van der Waals surface area contributed by atoms with Crippen molar-refractivity contribution in [1.82, 2.24) is 4.98 Å². The molecule has 0 saturated heterocycles. The normalized spacial score (nSPS) is 10.8. The van der Waals surface area contributed by atoms with E-state index in [4.69, 9.17) is 9.15 Å². The van der Waals surface area contributed by atoms with Gasteiger partial charge in [0.15, 0.2) is 5.58 Å². The zero-order valence-electron chi connectivity index (χ0n) is 16.2.